The van der Waals surface area contributed by atoms with Gasteiger partial charge in [0.15, 0.2) is 5.13 Å². The van der Waals surface area contributed by atoms with Gasteiger partial charge in [-0.2, -0.15) is 0 Å². The van der Waals surface area contributed by atoms with Crippen LogP contribution in [0.15, 0.2) is 29.6 Å². The normalized spacial score (nSPS) is 20.4. The van der Waals surface area contributed by atoms with Crippen LogP contribution in [0.25, 0.3) is 11.3 Å². The van der Waals surface area contributed by atoms with Gasteiger partial charge in [-0.1, -0.05) is 56.0 Å². The highest BCUT2D eigenvalue weighted by Gasteiger charge is 2.26. The third kappa shape index (κ3) is 4.91. The Bertz CT molecular complexity index is 684. The summed E-state index contributed by atoms with van der Waals surface area (Å²) in [6.45, 7) is 4.32. The van der Waals surface area contributed by atoms with E-state index in [1.165, 1.54) is 49.0 Å². The third-order valence-corrected chi connectivity index (χ3v) is 6.02. The van der Waals surface area contributed by atoms with Crippen LogP contribution in [0.2, 0.25) is 0 Å². The van der Waals surface area contributed by atoms with Gasteiger partial charge >= 0.3 is 0 Å². The molecule has 1 aliphatic rings. The predicted molar refractivity (Wildman–Crippen MR) is 106 cm³/mol. The summed E-state index contributed by atoms with van der Waals surface area (Å²) < 4.78 is 0. The molecule has 2 aromatic rings. The Morgan fingerprint density at radius 1 is 1.20 bits per heavy atom. The highest BCUT2D eigenvalue weighted by Crippen LogP contribution is 2.33. The summed E-state index contributed by atoms with van der Waals surface area (Å²) in [4.78, 5) is 17.1. The topological polar surface area (TPSA) is 42.0 Å². The molecule has 0 saturated heterocycles. The van der Waals surface area contributed by atoms with Crippen molar-refractivity contribution in [2.75, 3.05) is 5.32 Å². The second-order valence-corrected chi connectivity index (χ2v) is 8.11. The van der Waals surface area contributed by atoms with Gasteiger partial charge in [-0.05, 0) is 38.5 Å². The van der Waals surface area contributed by atoms with E-state index >= 15 is 0 Å². The number of anilines is 1. The van der Waals surface area contributed by atoms with Crippen molar-refractivity contribution in [2.24, 2.45) is 11.8 Å². The number of nitrogens with one attached hydrogen (secondary N) is 1. The van der Waals surface area contributed by atoms with Crippen molar-refractivity contribution in [2.45, 2.75) is 58.8 Å². The molecule has 0 bridgehead atoms. The van der Waals surface area contributed by atoms with Crippen LogP contribution < -0.4 is 5.32 Å². The zero-order valence-electron chi connectivity index (χ0n) is 15.3. The first-order chi connectivity index (χ1) is 12.2. The van der Waals surface area contributed by atoms with Crippen LogP contribution in [0.5, 0.6) is 0 Å². The van der Waals surface area contributed by atoms with E-state index in [1.54, 1.807) is 0 Å². The summed E-state index contributed by atoms with van der Waals surface area (Å²) in [5, 5.41) is 5.77. The van der Waals surface area contributed by atoms with E-state index < -0.39 is 0 Å². The van der Waals surface area contributed by atoms with Crippen molar-refractivity contribution < 1.29 is 4.79 Å². The lowest BCUT2D eigenvalue weighted by molar-refractivity contribution is -0.121. The van der Waals surface area contributed by atoms with Crippen molar-refractivity contribution in [1.29, 1.82) is 0 Å². The van der Waals surface area contributed by atoms with Gasteiger partial charge in [-0.15, -0.1) is 11.3 Å². The first kappa shape index (κ1) is 18.1. The first-order valence-electron chi connectivity index (χ1n) is 9.49. The molecule has 1 fully saturated rings. The average Bonchev–Trinajstić information content (AvgIpc) is 3.09. The van der Waals surface area contributed by atoms with Crippen LogP contribution in [0.1, 0.15) is 57.4 Å². The Balaban J connectivity index is 1.53. The zero-order valence-corrected chi connectivity index (χ0v) is 16.1. The molecule has 1 aromatic heterocycles. The minimum atomic E-state index is 0.152. The molecule has 0 radical (unpaired) electrons. The van der Waals surface area contributed by atoms with Crippen LogP contribution in [0.4, 0.5) is 5.13 Å². The van der Waals surface area contributed by atoms with Gasteiger partial charge in [0, 0.05) is 16.9 Å². The van der Waals surface area contributed by atoms with E-state index in [9.17, 15) is 4.79 Å². The van der Waals surface area contributed by atoms with Gasteiger partial charge in [0.05, 0.1) is 5.69 Å². The van der Waals surface area contributed by atoms with E-state index in [-0.39, 0.29) is 11.8 Å². The number of unbranched alkanes of at least 4 members (excludes halogenated alkanes) is 1. The summed E-state index contributed by atoms with van der Waals surface area (Å²) in [6, 6.07) is 8.33. The van der Waals surface area contributed by atoms with Crippen LogP contribution >= 0.6 is 11.3 Å². The molecule has 0 spiro atoms. The highest BCUT2D eigenvalue weighted by molar-refractivity contribution is 7.14. The Hall–Kier alpha value is -1.68. The minimum absolute atomic E-state index is 0.152. The summed E-state index contributed by atoms with van der Waals surface area (Å²) >= 11 is 1.51. The minimum Gasteiger partial charge on any atom is -0.302 e. The molecule has 3 nitrogen and oxygen atoms in total. The fourth-order valence-corrected chi connectivity index (χ4v) is 4.32. The molecule has 1 aliphatic carbocycles. The van der Waals surface area contributed by atoms with Gasteiger partial charge in [-0.25, -0.2) is 4.98 Å². The molecule has 0 atom stereocenters. The molecule has 1 aromatic carbocycles. The fourth-order valence-electron chi connectivity index (χ4n) is 3.60. The van der Waals surface area contributed by atoms with Crippen molar-refractivity contribution >= 4 is 22.4 Å². The predicted octanol–water partition coefficient (Wildman–Crippen LogP) is 6.05. The van der Waals surface area contributed by atoms with Gasteiger partial charge in [0.25, 0.3) is 0 Å². The number of carbonyl (C=O) groups excluding carboxylic acids is 1. The lowest BCUT2D eigenvalue weighted by Gasteiger charge is -2.27. The van der Waals surface area contributed by atoms with E-state index in [0.29, 0.717) is 5.13 Å². The molecule has 3 rings (SSSR count). The van der Waals surface area contributed by atoms with E-state index in [0.717, 1.165) is 30.0 Å². The molecular formula is C21H28N2OS. The number of thiazole rings is 1. The lowest BCUT2D eigenvalue weighted by Crippen LogP contribution is -2.27. The number of rotatable bonds is 6. The number of hydrogen-bond acceptors (Lipinski definition) is 3. The largest absolute Gasteiger partial charge is 0.302 e. The summed E-state index contributed by atoms with van der Waals surface area (Å²) in [5.41, 5.74) is 3.27. The Morgan fingerprint density at radius 2 is 1.92 bits per heavy atom. The smallest absolute Gasteiger partial charge is 0.229 e. The standard InChI is InChI=1S/C21H28N2OS/c1-3-4-5-16-8-12-18(13-9-16)20(24)23-21-22-19(14-25-21)17-10-6-15(2)7-11-17/h6-7,10-11,14,16,18H,3-5,8-9,12-13H2,1-2H3,(H,22,23,24). The molecule has 1 saturated carbocycles. The van der Waals surface area contributed by atoms with Crippen molar-refractivity contribution in [3.63, 3.8) is 0 Å². The Kier molecular flexibility index (Phi) is 6.24. The molecule has 0 aliphatic heterocycles. The first-order valence-corrected chi connectivity index (χ1v) is 10.4. The number of nitrogens with zero attached hydrogens (tertiary/aromatic N) is 1. The molecule has 25 heavy (non-hydrogen) atoms. The van der Waals surface area contributed by atoms with Gasteiger partial charge in [0.1, 0.15) is 0 Å². The lowest BCUT2D eigenvalue weighted by atomic mass is 9.79. The molecule has 1 amide bonds. The van der Waals surface area contributed by atoms with E-state index in [2.05, 4.69) is 48.4 Å². The summed E-state index contributed by atoms with van der Waals surface area (Å²) in [6.07, 6.45) is 8.37. The number of carbonyl (C=O) groups is 1. The maximum absolute atomic E-state index is 12.5. The second kappa shape index (κ2) is 8.61. The van der Waals surface area contributed by atoms with Gasteiger partial charge in [-0.3, -0.25) is 4.79 Å². The van der Waals surface area contributed by atoms with Crippen molar-refractivity contribution in [1.82, 2.24) is 4.98 Å². The highest BCUT2D eigenvalue weighted by atomic mass is 32.1. The number of aryl methyl sites for hydroxylation is 1. The zero-order chi connectivity index (χ0) is 17.6. The van der Waals surface area contributed by atoms with Gasteiger partial charge in [0.2, 0.25) is 5.91 Å². The Morgan fingerprint density at radius 3 is 2.60 bits per heavy atom. The maximum atomic E-state index is 12.5. The number of amides is 1. The van der Waals surface area contributed by atoms with E-state index in [4.69, 9.17) is 0 Å². The molecule has 1 heterocycles. The average molecular weight is 357 g/mol. The summed E-state index contributed by atoms with van der Waals surface area (Å²) in [5.74, 6) is 1.14. The van der Waals surface area contributed by atoms with Crippen LogP contribution in [-0.4, -0.2) is 10.9 Å². The van der Waals surface area contributed by atoms with Crippen LogP contribution in [-0.2, 0) is 4.79 Å². The molecule has 4 heteroatoms. The number of aromatic nitrogens is 1. The third-order valence-electron chi connectivity index (χ3n) is 5.27. The van der Waals surface area contributed by atoms with E-state index in [1.807, 2.05) is 5.38 Å². The molecule has 1 N–H and O–H groups in total. The fraction of sp³-hybridized carbons (Fsp3) is 0.524. The van der Waals surface area contributed by atoms with Crippen LogP contribution in [0.3, 0.4) is 0 Å². The quantitative estimate of drug-likeness (QED) is 0.684. The Labute approximate surface area is 154 Å². The van der Waals surface area contributed by atoms with Crippen molar-refractivity contribution in [3.05, 3.63) is 35.2 Å². The maximum Gasteiger partial charge on any atom is 0.229 e. The van der Waals surface area contributed by atoms with Crippen LogP contribution in [0, 0.1) is 18.8 Å². The SMILES string of the molecule is CCCCC1CCC(C(=O)Nc2nc(-c3ccc(C)cc3)cs2)CC1. The second-order valence-electron chi connectivity index (χ2n) is 7.25. The van der Waals surface area contributed by atoms with Gasteiger partial charge < -0.3 is 5.32 Å². The summed E-state index contributed by atoms with van der Waals surface area (Å²) in [7, 11) is 0. The van der Waals surface area contributed by atoms with Crippen molar-refractivity contribution in [3.8, 4) is 11.3 Å². The molecule has 0 unspecified atom stereocenters. The monoisotopic (exact) mass is 356 g/mol. The number of benzene rings is 1. The number of hydrogen-bond donors (Lipinski definition) is 1. The molecule has 134 valence electrons. The molecular weight excluding hydrogens is 328 g/mol.